The maximum atomic E-state index is 12.4. The summed E-state index contributed by atoms with van der Waals surface area (Å²) in [6.45, 7) is 1.90. The number of anilines is 1. The third kappa shape index (κ3) is 6.41. The van der Waals surface area contributed by atoms with Gasteiger partial charge in [0.1, 0.15) is 0 Å². The van der Waals surface area contributed by atoms with E-state index in [-0.39, 0.29) is 17.2 Å². The second kappa shape index (κ2) is 8.68. The Labute approximate surface area is 159 Å². The van der Waals surface area contributed by atoms with Crippen molar-refractivity contribution in [2.24, 2.45) is 0 Å². The number of hydrogen-bond acceptors (Lipinski definition) is 5. The Bertz CT molecular complexity index is 913. The highest BCUT2D eigenvalue weighted by Crippen LogP contribution is 2.14. The molecular weight excluding hydrogens is 368 g/mol. The number of esters is 1. The van der Waals surface area contributed by atoms with Crippen LogP contribution in [0.3, 0.4) is 0 Å². The van der Waals surface area contributed by atoms with Crippen LogP contribution < -0.4 is 4.72 Å². The third-order valence-electron chi connectivity index (χ3n) is 3.67. The molecule has 7 nitrogen and oxygen atoms in total. The molecule has 144 valence electrons. The summed E-state index contributed by atoms with van der Waals surface area (Å²) in [6, 6.07) is 15.3. The Morgan fingerprint density at radius 2 is 1.78 bits per heavy atom. The van der Waals surface area contributed by atoms with E-state index in [0.29, 0.717) is 6.54 Å². The molecule has 0 radical (unpaired) electrons. The van der Waals surface area contributed by atoms with Crippen LogP contribution in [0.15, 0.2) is 54.6 Å². The van der Waals surface area contributed by atoms with Crippen molar-refractivity contribution in [2.75, 3.05) is 18.0 Å². The standard InChI is InChI=1S/C19H22N2O5S/c1-14(18(22)21(2)13-15-8-5-4-6-9-15)26-19(23)16-10-7-11-17(12-16)20-27(3,24)25/h4-12,14,20H,13H2,1-3H3. The summed E-state index contributed by atoms with van der Waals surface area (Å²) in [5, 5.41) is 0. The summed E-state index contributed by atoms with van der Waals surface area (Å²) in [4.78, 5) is 26.2. The highest BCUT2D eigenvalue weighted by molar-refractivity contribution is 7.92. The van der Waals surface area contributed by atoms with Gasteiger partial charge in [-0.3, -0.25) is 9.52 Å². The lowest BCUT2D eigenvalue weighted by Crippen LogP contribution is -2.37. The summed E-state index contributed by atoms with van der Waals surface area (Å²) < 4.78 is 30.1. The average molecular weight is 390 g/mol. The first kappa shape index (κ1) is 20.4. The normalized spacial score (nSPS) is 12.1. The molecule has 0 aliphatic heterocycles. The number of nitrogens with one attached hydrogen (secondary N) is 1. The molecule has 27 heavy (non-hydrogen) atoms. The molecule has 0 bridgehead atoms. The molecule has 2 aromatic rings. The number of nitrogens with zero attached hydrogens (tertiary/aromatic N) is 1. The Morgan fingerprint density at radius 3 is 2.41 bits per heavy atom. The van der Waals surface area contributed by atoms with Gasteiger partial charge in [0, 0.05) is 19.3 Å². The zero-order valence-electron chi connectivity index (χ0n) is 15.4. The number of hydrogen-bond donors (Lipinski definition) is 1. The Morgan fingerprint density at radius 1 is 1.11 bits per heavy atom. The first-order valence-electron chi connectivity index (χ1n) is 8.23. The van der Waals surface area contributed by atoms with Crippen molar-refractivity contribution in [3.05, 3.63) is 65.7 Å². The molecule has 0 aromatic heterocycles. The van der Waals surface area contributed by atoms with E-state index in [1.165, 1.54) is 36.1 Å². The van der Waals surface area contributed by atoms with E-state index in [0.717, 1.165) is 11.8 Å². The van der Waals surface area contributed by atoms with Crippen molar-refractivity contribution in [3.8, 4) is 0 Å². The van der Waals surface area contributed by atoms with Gasteiger partial charge < -0.3 is 9.64 Å². The number of carbonyl (C=O) groups is 2. The van der Waals surface area contributed by atoms with Crippen LogP contribution in [0.2, 0.25) is 0 Å². The molecule has 0 fully saturated rings. The minimum absolute atomic E-state index is 0.147. The van der Waals surface area contributed by atoms with Crippen molar-refractivity contribution in [1.29, 1.82) is 0 Å². The predicted molar refractivity (Wildman–Crippen MR) is 103 cm³/mol. The van der Waals surface area contributed by atoms with Gasteiger partial charge in [-0.15, -0.1) is 0 Å². The maximum Gasteiger partial charge on any atom is 0.338 e. The molecule has 1 atom stereocenters. The lowest BCUT2D eigenvalue weighted by Gasteiger charge is -2.21. The van der Waals surface area contributed by atoms with Crippen molar-refractivity contribution >= 4 is 27.6 Å². The fourth-order valence-corrected chi connectivity index (χ4v) is 3.00. The monoisotopic (exact) mass is 390 g/mol. The molecule has 0 aliphatic carbocycles. The van der Waals surface area contributed by atoms with Gasteiger partial charge in [-0.05, 0) is 30.7 Å². The number of ether oxygens (including phenoxy) is 1. The molecule has 1 unspecified atom stereocenters. The van der Waals surface area contributed by atoms with Gasteiger partial charge in [0.2, 0.25) is 10.0 Å². The lowest BCUT2D eigenvalue weighted by atomic mass is 10.2. The largest absolute Gasteiger partial charge is 0.449 e. The van der Waals surface area contributed by atoms with E-state index in [2.05, 4.69) is 4.72 Å². The van der Waals surface area contributed by atoms with Gasteiger partial charge in [-0.25, -0.2) is 13.2 Å². The Kier molecular flexibility index (Phi) is 6.57. The maximum absolute atomic E-state index is 12.4. The summed E-state index contributed by atoms with van der Waals surface area (Å²) >= 11 is 0. The average Bonchev–Trinajstić information content (AvgIpc) is 2.60. The number of likely N-dealkylation sites (N-methyl/N-ethyl adjacent to an activating group) is 1. The molecule has 0 saturated heterocycles. The van der Waals surface area contributed by atoms with Crippen molar-refractivity contribution in [3.63, 3.8) is 0 Å². The second-order valence-corrected chi connectivity index (χ2v) is 7.93. The van der Waals surface area contributed by atoms with E-state index in [1.54, 1.807) is 7.05 Å². The molecule has 2 aromatic carbocycles. The smallest absolute Gasteiger partial charge is 0.338 e. The van der Waals surface area contributed by atoms with Crippen molar-refractivity contribution in [1.82, 2.24) is 4.90 Å². The molecular formula is C19H22N2O5S. The van der Waals surface area contributed by atoms with Gasteiger partial charge in [0.05, 0.1) is 11.8 Å². The Balaban J connectivity index is 2.00. The summed E-state index contributed by atoms with van der Waals surface area (Å²) in [5.41, 5.74) is 1.35. The van der Waals surface area contributed by atoms with Crippen LogP contribution in [0, 0.1) is 0 Å². The second-order valence-electron chi connectivity index (χ2n) is 6.18. The van der Waals surface area contributed by atoms with Crippen molar-refractivity contribution < 1.29 is 22.7 Å². The molecule has 2 rings (SSSR count). The number of amides is 1. The van der Waals surface area contributed by atoms with Crippen LogP contribution in [0.25, 0.3) is 0 Å². The van der Waals surface area contributed by atoms with E-state index >= 15 is 0 Å². The van der Waals surface area contributed by atoms with Gasteiger partial charge in [0.25, 0.3) is 5.91 Å². The fraction of sp³-hybridized carbons (Fsp3) is 0.263. The zero-order valence-corrected chi connectivity index (χ0v) is 16.2. The summed E-state index contributed by atoms with van der Waals surface area (Å²) in [6.07, 6.45) is 0.0409. The van der Waals surface area contributed by atoms with Gasteiger partial charge >= 0.3 is 5.97 Å². The predicted octanol–water partition coefficient (Wildman–Crippen LogP) is 2.26. The molecule has 0 saturated carbocycles. The number of rotatable bonds is 7. The molecule has 0 aliphatic rings. The minimum Gasteiger partial charge on any atom is -0.449 e. The molecule has 0 spiro atoms. The van der Waals surface area contributed by atoms with E-state index in [4.69, 9.17) is 4.74 Å². The van der Waals surface area contributed by atoms with Crippen LogP contribution in [0.4, 0.5) is 5.69 Å². The van der Waals surface area contributed by atoms with Crippen LogP contribution in [0.1, 0.15) is 22.8 Å². The SMILES string of the molecule is CC(OC(=O)c1cccc(NS(C)(=O)=O)c1)C(=O)N(C)Cc1ccccc1. The van der Waals surface area contributed by atoms with Crippen LogP contribution in [0.5, 0.6) is 0 Å². The van der Waals surface area contributed by atoms with Crippen molar-refractivity contribution in [2.45, 2.75) is 19.6 Å². The van der Waals surface area contributed by atoms with E-state index in [9.17, 15) is 18.0 Å². The number of sulfonamides is 1. The number of carbonyl (C=O) groups excluding carboxylic acids is 2. The molecule has 0 heterocycles. The third-order valence-corrected chi connectivity index (χ3v) is 4.28. The summed E-state index contributed by atoms with van der Waals surface area (Å²) in [5.74, 6) is -1.04. The topological polar surface area (TPSA) is 92.8 Å². The molecule has 8 heteroatoms. The van der Waals surface area contributed by atoms with Crippen LogP contribution >= 0.6 is 0 Å². The van der Waals surface area contributed by atoms with Gasteiger partial charge in [0.15, 0.2) is 6.10 Å². The van der Waals surface area contributed by atoms with Gasteiger partial charge in [-0.2, -0.15) is 0 Å². The molecule has 1 N–H and O–H groups in total. The van der Waals surface area contributed by atoms with Crippen LogP contribution in [-0.4, -0.2) is 44.6 Å². The zero-order chi connectivity index (χ0) is 20.0. The summed E-state index contributed by atoms with van der Waals surface area (Å²) in [7, 11) is -1.82. The number of benzene rings is 2. The first-order valence-corrected chi connectivity index (χ1v) is 10.1. The molecule has 1 amide bonds. The fourth-order valence-electron chi connectivity index (χ4n) is 2.45. The quantitative estimate of drug-likeness (QED) is 0.732. The van der Waals surface area contributed by atoms with Crippen LogP contribution in [-0.2, 0) is 26.1 Å². The Hall–Kier alpha value is -2.87. The highest BCUT2D eigenvalue weighted by Gasteiger charge is 2.22. The first-order chi connectivity index (χ1) is 12.7. The lowest BCUT2D eigenvalue weighted by molar-refractivity contribution is -0.139. The van der Waals surface area contributed by atoms with Gasteiger partial charge in [-0.1, -0.05) is 36.4 Å². The minimum atomic E-state index is -3.46. The highest BCUT2D eigenvalue weighted by atomic mass is 32.2. The van der Waals surface area contributed by atoms with E-state index in [1.807, 2.05) is 30.3 Å². The van der Waals surface area contributed by atoms with E-state index < -0.39 is 22.1 Å².